The van der Waals surface area contributed by atoms with E-state index >= 15 is 0 Å². The fraction of sp³-hybridized carbons (Fsp3) is 0.348. The highest BCUT2D eigenvalue weighted by atomic mass is 16.5. The number of ether oxygens (including phenoxy) is 2. The Morgan fingerprint density at radius 2 is 2.04 bits per heavy atom. The minimum absolute atomic E-state index is 0.197. The van der Waals surface area contributed by atoms with Gasteiger partial charge in [-0.3, -0.25) is 0 Å². The van der Waals surface area contributed by atoms with E-state index in [9.17, 15) is 4.79 Å². The molecule has 0 spiro atoms. The first-order chi connectivity index (χ1) is 13.1. The summed E-state index contributed by atoms with van der Waals surface area (Å²) in [5.74, 6) is 2.13. The Morgan fingerprint density at radius 3 is 2.85 bits per heavy atom. The summed E-state index contributed by atoms with van der Waals surface area (Å²) in [7, 11) is 1.65. The second-order valence-electron chi connectivity index (χ2n) is 7.40. The maximum absolute atomic E-state index is 12.5. The molecule has 0 radical (unpaired) electrons. The monoisotopic (exact) mass is 364 g/mol. The van der Waals surface area contributed by atoms with Crippen LogP contribution < -0.4 is 15.1 Å². The van der Waals surface area contributed by atoms with Crippen molar-refractivity contribution in [1.29, 1.82) is 0 Å². The van der Waals surface area contributed by atoms with Crippen LogP contribution in [0.15, 0.2) is 45.6 Å². The van der Waals surface area contributed by atoms with Gasteiger partial charge in [0.15, 0.2) is 0 Å². The van der Waals surface area contributed by atoms with Crippen LogP contribution in [-0.4, -0.2) is 7.11 Å². The van der Waals surface area contributed by atoms with Crippen LogP contribution in [0.25, 0.3) is 11.0 Å². The number of aryl methyl sites for hydroxylation is 1. The van der Waals surface area contributed by atoms with Gasteiger partial charge in [-0.1, -0.05) is 19.1 Å². The molecule has 0 fully saturated rings. The lowest BCUT2D eigenvalue weighted by Gasteiger charge is -2.22. The fourth-order valence-corrected chi connectivity index (χ4v) is 3.89. The van der Waals surface area contributed by atoms with Gasteiger partial charge in [-0.25, -0.2) is 4.79 Å². The maximum atomic E-state index is 12.5. The van der Waals surface area contributed by atoms with Crippen molar-refractivity contribution in [3.05, 3.63) is 69.1 Å². The van der Waals surface area contributed by atoms with Gasteiger partial charge in [0.1, 0.15) is 23.7 Å². The van der Waals surface area contributed by atoms with Gasteiger partial charge in [0.25, 0.3) is 0 Å². The SMILES string of the molecule is COc1cccc(COc2ccc3c4c(c(=O)oc3c2C)CC[C@@H](C)C4)c1. The van der Waals surface area contributed by atoms with Crippen molar-refractivity contribution in [3.63, 3.8) is 0 Å². The Bertz CT molecular complexity index is 1050. The van der Waals surface area contributed by atoms with Gasteiger partial charge < -0.3 is 13.9 Å². The molecule has 3 aromatic rings. The Balaban J connectivity index is 1.69. The standard InChI is InChI=1S/C23H24O4/c1-14-7-8-19-20(11-14)18-9-10-21(15(2)22(18)27-23(19)24)26-13-16-5-4-6-17(12-16)25-3/h4-6,9-10,12,14H,7-8,11,13H2,1-3H3/t14-/m1/s1. The average Bonchev–Trinajstić information content (AvgIpc) is 2.68. The van der Waals surface area contributed by atoms with Crippen LogP contribution in [0.3, 0.4) is 0 Å². The molecule has 0 N–H and O–H groups in total. The number of hydrogen-bond acceptors (Lipinski definition) is 4. The van der Waals surface area contributed by atoms with Crippen LogP contribution in [0.5, 0.6) is 11.5 Å². The molecule has 1 aliphatic carbocycles. The van der Waals surface area contributed by atoms with Crippen molar-refractivity contribution >= 4 is 11.0 Å². The summed E-state index contributed by atoms with van der Waals surface area (Å²) >= 11 is 0. The third-order valence-electron chi connectivity index (χ3n) is 5.45. The van der Waals surface area contributed by atoms with E-state index < -0.39 is 0 Å². The highest BCUT2D eigenvalue weighted by molar-refractivity contribution is 5.86. The Kier molecular flexibility index (Phi) is 4.65. The highest BCUT2D eigenvalue weighted by Gasteiger charge is 2.23. The van der Waals surface area contributed by atoms with Gasteiger partial charge in [0, 0.05) is 16.5 Å². The predicted molar refractivity (Wildman–Crippen MR) is 106 cm³/mol. The summed E-state index contributed by atoms with van der Waals surface area (Å²) in [6, 6.07) is 11.8. The zero-order valence-electron chi connectivity index (χ0n) is 16.0. The lowest BCUT2D eigenvalue weighted by Crippen LogP contribution is -2.20. The molecule has 27 heavy (non-hydrogen) atoms. The average molecular weight is 364 g/mol. The number of hydrogen-bond donors (Lipinski definition) is 0. The maximum Gasteiger partial charge on any atom is 0.339 e. The number of benzene rings is 2. The van der Waals surface area contributed by atoms with Crippen molar-refractivity contribution in [2.75, 3.05) is 7.11 Å². The summed E-state index contributed by atoms with van der Waals surface area (Å²) in [5, 5.41) is 1.04. The molecular formula is C23H24O4. The van der Waals surface area contributed by atoms with Crippen LogP contribution in [0, 0.1) is 12.8 Å². The van der Waals surface area contributed by atoms with Gasteiger partial charge in [0.05, 0.1) is 7.11 Å². The number of fused-ring (bicyclic) bond motifs is 3. The smallest absolute Gasteiger partial charge is 0.339 e. The van der Waals surface area contributed by atoms with Crippen molar-refractivity contribution in [2.24, 2.45) is 5.92 Å². The number of methoxy groups -OCH3 is 1. The predicted octanol–water partition coefficient (Wildman–Crippen LogP) is 4.81. The summed E-state index contributed by atoms with van der Waals surface area (Å²) < 4.78 is 17.0. The van der Waals surface area contributed by atoms with Crippen LogP contribution >= 0.6 is 0 Å². The van der Waals surface area contributed by atoms with Gasteiger partial charge in [0.2, 0.25) is 0 Å². The first-order valence-corrected chi connectivity index (χ1v) is 9.40. The topological polar surface area (TPSA) is 48.7 Å². The minimum Gasteiger partial charge on any atom is -0.497 e. The zero-order chi connectivity index (χ0) is 19.0. The molecule has 1 atom stereocenters. The van der Waals surface area contributed by atoms with Crippen molar-refractivity contribution in [2.45, 2.75) is 39.7 Å². The third kappa shape index (κ3) is 3.32. The third-order valence-corrected chi connectivity index (χ3v) is 5.45. The quantitative estimate of drug-likeness (QED) is 0.623. The van der Waals surface area contributed by atoms with Crippen LogP contribution in [0.1, 0.15) is 35.6 Å². The molecule has 1 heterocycles. The van der Waals surface area contributed by atoms with E-state index in [-0.39, 0.29) is 5.63 Å². The van der Waals surface area contributed by atoms with E-state index in [0.717, 1.165) is 58.4 Å². The molecular weight excluding hydrogens is 340 g/mol. The molecule has 0 saturated carbocycles. The highest BCUT2D eigenvalue weighted by Crippen LogP contribution is 2.34. The summed E-state index contributed by atoms with van der Waals surface area (Å²) in [5.41, 5.74) is 4.35. The second kappa shape index (κ2) is 7.10. The van der Waals surface area contributed by atoms with Gasteiger partial charge in [-0.2, -0.15) is 0 Å². The van der Waals surface area contributed by atoms with E-state index in [0.29, 0.717) is 18.1 Å². The zero-order valence-corrected chi connectivity index (χ0v) is 16.0. The van der Waals surface area contributed by atoms with Gasteiger partial charge >= 0.3 is 5.63 Å². The lowest BCUT2D eigenvalue weighted by atomic mass is 9.84. The molecule has 0 saturated heterocycles. The summed E-state index contributed by atoms with van der Waals surface area (Å²) in [6.45, 7) is 4.61. The fourth-order valence-electron chi connectivity index (χ4n) is 3.89. The molecule has 0 bridgehead atoms. The molecule has 2 aromatic carbocycles. The molecule has 140 valence electrons. The molecule has 0 amide bonds. The van der Waals surface area contributed by atoms with Crippen molar-refractivity contribution in [1.82, 2.24) is 0 Å². The van der Waals surface area contributed by atoms with E-state index in [2.05, 4.69) is 6.92 Å². The van der Waals surface area contributed by atoms with Gasteiger partial charge in [-0.05, 0) is 67.5 Å². The van der Waals surface area contributed by atoms with Crippen LogP contribution in [0.4, 0.5) is 0 Å². The Labute approximate surface area is 158 Å². The van der Waals surface area contributed by atoms with Crippen LogP contribution in [0.2, 0.25) is 0 Å². The first-order valence-electron chi connectivity index (χ1n) is 9.40. The van der Waals surface area contributed by atoms with E-state index in [1.54, 1.807) is 7.11 Å². The summed E-state index contributed by atoms with van der Waals surface area (Å²) in [6.07, 6.45) is 2.78. The van der Waals surface area contributed by atoms with Crippen LogP contribution in [-0.2, 0) is 19.4 Å². The van der Waals surface area contributed by atoms with E-state index in [4.69, 9.17) is 13.9 Å². The van der Waals surface area contributed by atoms with Crippen molar-refractivity contribution in [3.8, 4) is 11.5 Å². The number of rotatable bonds is 4. The molecule has 1 aromatic heterocycles. The normalized spacial score (nSPS) is 16.2. The Morgan fingerprint density at radius 1 is 1.19 bits per heavy atom. The minimum atomic E-state index is -0.197. The molecule has 0 unspecified atom stereocenters. The van der Waals surface area contributed by atoms with Crippen molar-refractivity contribution < 1.29 is 13.9 Å². The molecule has 4 nitrogen and oxygen atoms in total. The second-order valence-corrected chi connectivity index (χ2v) is 7.40. The largest absolute Gasteiger partial charge is 0.497 e. The molecule has 0 aliphatic heterocycles. The molecule has 1 aliphatic rings. The molecule has 4 rings (SSSR count). The van der Waals surface area contributed by atoms with E-state index in [1.165, 1.54) is 0 Å². The Hall–Kier alpha value is -2.75. The summed E-state index contributed by atoms with van der Waals surface area (Å²) in [4.78, 5) is 12.5. The first kappa shape index (κ1) is 17.7. The molecule has 4 heteroatoms. The van der Waals surface area contributed by atoms with Gasteiger partial charge in [-0.15, -0.1) is 0 Å². The lowest BCUT2D eigenvalue weighted by molar-refractivity contribution is 0.303. The van der Waals surface area contributed by atoms with E-state index in [1.807, 2.05) is 43.3 Å².